The number of hydrogen-bond acceptors (Lipinski definition) is 24. The van der Waals surface area contributed by atoms with Gasteiger partial charge in [-0.3, -0.25) is 28.2 Å². The van der Waals surface area contributed by atoms with Crippen molar-refractivity contribution in [3.8, 4) is 0 Å². The average molecular weight is 1640 g/mol. The van der Waals surface area contributed by atoms with E-state index in [1.807, 2.05) is 0 Å². The molecule has 0 bridgehead atoms. The Morgan fingerprint density at radius 2 is 0.664 bits per heavy atom. The molecular weight excluding hydrogens is 1480 g/mol. The second-order valence-corrected chi connectivity index (χ2v) is 33.5. The molecule has 0 spiro atoms. The predicted molar refractivity (Wildman–Crippen MR) is 435 cm³/mol. The number of phosphoric acid groups is 1. The number of allylic oxidation sites excluding steroid dienone is 4. The molecule has 3 aliphatic rings. The Morgan fingerprint density at radius 3 is 1.06 bits per heavy atom. The zero-order chi connectivity index (χ0) is 82.5. The van der Waals surface area contributed by atoms with E-state index in [0.717, 1.165) is 116 Å². The summed E-state index contributed by atoms with van der Waals surface area (Å²) in [4.78, 5) is 66.2. The van der Waals surface area contributed by atoms with Crippen molar-refractivity contribution in [1.29, 1.82) is 0 Å². The van der Waals surface area contributed by atoms with E-state index in [9.17, 15) is 74.6 Å². The summed E-state index contributed by atoms with van der Waals surface area (Å²) in [5.41, 5.74) is 0. The first-order valence-corrected chi connectivity index (χ1v) is 46.6. The highest BCUT2D eigenvalue weighted by atomic mass is 31.2. The number of ether oxygens (including phenoxy) is 8. The summed E-state index contributed by atoms with van der Waals surface area (Å²) in [6.07, 6.45) is 24.9. The minimum atomic E-state index is -5.81. The number of carbonyl (C=O) groups excluding carboxylic acids is 4. The molecule has 26 heteroatoms. The SMILES string of the molecule is CCCCCCCC/C=C\CCCCCC(=O)OCC1OC(OC2C(OC(=O)CCCCCCCCCCCCCCCCC)C(O)C(O)C(OC3OC(CO)C(O)C(O)C3O)C2OP(=O)(O)OCC(COC(=O)CCCCCCCCCCCCCCC)OC(=O)CCCCC/C=C\CCCCCCCC)C(O)C(O)C1O. The number of phosphoric ester groups is 1. The highest BCUT2D eigenvalue weighted by Gasteiger charge is 2.60. The monoisotopic (exact) mass is 1640 g/mol. The zero-order valence-corrected chi connectivity index (χ0v) is 71.1. The summed E-state index contributed by atoms with van der Waals surface area (Å²) in [5, 5.41) is 102. The number of carbonyl (C=O) groups is 4. The zero-order valence-electron chi connectivity index (χ0n) is 70.2. The molecule has 1 aliphatic carbocycles. The quantitative estimate of drug-likeness (QED) is 0.00889. The Balaban J connectivity index is 1.94. The van der Waals surface area contributed by atoms with Gasteiger partial charge in [0.2, 0.25) is 0 Å². The third-order valence-electron chi connectivity index (χ3n) is 21.9. The van der Waals surface area contributed by atoms with E-state index < -0.39 is 162 Å². The molecule has 0 amide bonds. The predicted octanol–water partition coefficient (Wildman–Crippen LogP) is 15.8. The topological polar surface area (TPSA) is 380 Å². The van der Waals surface area contributed by atoms with Crippen molar-refractivity contribution >= 4 is 31.7 Å². The third-order valence-corrected chi connectivity index (χ3v) is 22.9. The summed E-state index contributed by atoms with van der Waals surface area (Å²) in [6, 6.07) is 0. The molecular formula is C87H159O25P. The van der Waals surface area contributed by atoms with Crippen LogP contribution in [0.2, 0.25) is 0 Å². The van der Waals surface area contributed by atoms with Gasteiger partial charge in [0.25, 0.3) is 0 Å². The maximum atomic E-state index is 14.9. The van der Waals surface area contributed by atoms with Gasteiger partial charge in [0, 0.05) is 25.7 Å². The molecule has 0 aromatic carbocycles. The second kappa shape index (κ2) is 66.7. The van der Waals surface area contributed by atoms with Crippen LogP contribution < -0.4 is 0 Å². The van der Waals surface area contributed by atoms with Crippen molar-refractivity contribution in [2.45, 2.75) is 479 Å². The molecule has 2 heterocycles. The molecule has 25 nitrogen and oxygen atoms in total. The maximum Gasteiger partial charge on any atom is 0.472 e. The molecule has 3 fully saturated rings. The fraction of sp³-hybridized carbons (Fsp3) is 0.908. The van der Waals surface area contributed by atoms with Crippen LogP contribution in [0.15, 0.2) is 24.3 Å². The number of esters is 4. The Hall–Kier alpha value is -3.05. The van der Waals surface area contributed by atoms with Gasteiger partial charge in [-0.2, -0.15) is 0 Å². The van der Waals surface area contributed by atoms with E-state index >= 15 is 0 Å². The Labute approximate surface area is 679 Å². The van der Waals surface area contributed by atoms with Gasteiger partial charge in [0.05, 0.1) is 13.2 Å². The minimum Gasteiger partial charge on any atom is -0.463 e. The van der Waals surface area contributed by atoms with Crippen molar-refractivity contribution in [3.05, 3.63) is 24.3 Å². The van der Waals surface area contributed by atoms with Crippen molar-refractivity contribution < 1.29 is 122 Å². The van der Waals surface area contributed by atoms with Crippen LogP contribution in [0.5, 0.6) is 0 Å². The Bertz CT molecular complexity index is 2460. The van der Waals surface area contributed by atoms with Gasteiger partial charge in [-0.05, 0) is 77.0 Å². The first-order chi connectivity index (χ1) is 54.7. The van der Waals surface area contributed by atoms with Gasteiger partial charge in [-0.1, -0.05) is 296 Å². The average Bonchev–Trinajstić information content (AvgIpc) is 0.765. The maximum absolute atomic E-state index is 14.9. The normalized spacial score (nSPS) is 25.6. The molecule has 0 aromatic rings. The van der Waals surface area contributed by atoms with Crippen LogP contribution in [0, 0.1) is 0 Å². The first-order valence-electron chi connectivity index (χ1n) is 45.1. The highest BCUT2D eigenvalue weighted by Crippen LogP contribution is 2.49. The minimum absolute atomic E-state index is 0.00613. The molecule has 2 aliphatic heterocycles. The molecule has 1 saturated carbocycles. The summed E-state index contributed by atoms with van der Waals surface area (Å²) in [5.74, 6) is -3.00. The fourth-order valence-corrected chi connectivity index (χ4v) is 15.7. The lowest BCUT2D eigenvalue weighted by Crippen LogP contribution is -2.70. The molecule has 0 radical (unpaired) electrons. The van der Waals surface area contributed by atoms with Crippen LogP contribution >= 0.6 is 7.82 Å². The Morgan fingerprint density at radius 1 is 0.345 bits per heavy atom. The molecule has 18 atom stereocenters. The Kier molecular flexibility index (Phi) is 61.5. The summed E-state index contributed by atoms with van der Waals surface area (Å²) in [7, 11) is -5.81. The standard InChI is InChI=1S/C87H159O25P/c1-5-9-13-17-21-25-29-33-34-38-42-46-50-54-58-62-73(92)109-82-78(97)79(98)83(110-86-80(99)76(95)74(93)68(63-88)107-86)85(84(82)111-87-81(100)77(96)75(94)69(108-87)66-104-71(90)60-56-52-48-44-40-36-31-27-23-19-15-11-7-3)112-113(101,102)105-65-67(106-72(91)61-57-53-49-45-41-37-32-28-24-20-16-12-8-4)64-103-70(89)59-55-51-47-43-39-35-30-26-22-18-14-10-6-2/h36-37,40-41,67-69,74-88,93-100H,5-35,38-39,42-66H2,1-4H3,(H,101,102)/b40-36-,41-37-. The van der Waals surface area contributed by atoms with E-state index in [0.29, 0.717) is 44.9 Å². The van der Waals surface area contributed by atoms with E-state index in [-0.39, 0.29) is 25.7 Å². The summed E-state index contributed by atoms with van der Waals surface area (Å²) >= 11 is 0. The molecule has 18 unspecified atom stereocenters. The molecule has 10 N–H and O–H groups in total. The summed E-state index contributed by atoms with van der Waals surface area (Å²) < 4.78 is 73.2. The fourth-order valence-electron chi connectivity index (χ4n) is 14.7. The van der Waals surface area contributed by atoms with Crippen LogP contribution in [0.4, 0.5) is 0 Å². The van der Waals surface area contributed by atoms with Gasteiger partial charge >= 0.3 is 31.7 Å². The van der Waals surface area contributed by atoms with Crippen LogP contribution in [-0.2, 0) is 70.7 Å². The lowest BCUT2D eigenvalue weighted by molar-refractivity contribution is -0.360. The van der Waals surface area contributed by atoms with Crippen molar-refractivity contribution in [2.75, 3.05) is 26.4 Å². The second-order valence-electron chi connectivity index (χ2n) is 32.1. The van der Waals surface area contributed by atoms with Gasteiger partial charge in [0.1, 0.15) is 92.6 Å². The smallest absolute Gasteiger partial charge is 0.463 e. The largest absolute Gasteiger partial charge is 0.472 e. The lowest BCUT2D eigenvalue weighted by Gasteiger charge is -2.50. The van der Waals surface area contributed by atoms with Gasteiger partial charge in [0.15, 0.2) is 24.8 Å². The van der Waals surface area contributed by atoms with Crippen molar-refractivity contribution in [2.24, 2.45) is 0 Å². The van der Waals surface area contributed by atoms with Gasteiger partial charge in [-0.15, -0.1) is 0 Å². The molecule has 113 heavy (non-hydrogen) atoms. The van der Waals surface area contributed by atoms with Crippen LogP contribution in [0.3, 0.4) is 0 Å². The van der Waals surface area contributed by atoms with Crippen LogP contribution in [0.25, 0.3) is 0 Å². The van der Waals surface area contributed by atoms with E-state index in [1.165, 1.54) is 161 Å². The van der Waals surface area contributed by atoms with Crippen molar-refractivity contribution in [3.63, 3.8) is 0 Å². The van der Waals surface area contributed by atoms with Crippen LogP contribution in [0.1, 0.15) is 374 Å². The van der Waals surface area contributed by atoms with Crippen molar-refractivity contribution in [1.82, 2.24) is 0 Å². The molecule has 0 aromatic heterocycles. The van der Waals surface area contributed by atoms with Gasteiger partial charge < -0.3 is 88.7 Å². The third kappa shape index (κ3) is 47.5. The number of rotatable bonds is 72. The number of unbranched alkanes of at least 4 members (excludes halogenated alkanes) is 44. The molecule has 2 saturated heterocycles. The lowest BCUT2D eigenvalue weighted by atomic mass is 9.84. The van der Waals surface area contributed by atoms with Gasteiger partial charge in [-0.25, -0.2) is 4.57 Å². The molecule has 3 rings (SSSR count). The number of hydrogen-bond donors (Lipinski definition) is 10. The number of aliphatic hydroxyl groups is 9. The number of aliphatic hydroxyl groups excluding tert-OH is 9. The van der Waals surface area contributed by atoms with E-state index in [1.54, 1.807) is 0 Å². The van der Waals surface area contributed by atoms with E-state index in [2.05, 4.69) is 52.0 Å². The summed E-state index contributed by atoms with van der Waals surface area (Å²) in [6.45, 7) is 5.53. The first kappa shape index (κ1) is 104. The van der Waals surface area contributed by atoms with E-state index in [4.69, 9.17) is 46.9 Å². The highest BCUT2D eigenvalue weighted by molar-refractivity contribution is 7.47. The molecule has 662 valence electrons. The van der Waals surface area contributed by atoms with Crippen LogP contribution in [-0.4, -0.2) is 205 Å².